The summed E-state index contributed by atoms with van der Waals surface area (Å²) in [4.78, 5) is 25.3. The lowest BCUT2D eigenvalue weighted by molar-refractivity contribution is 0.103. The molecule has 0 aliphatic carbocycles. The van der Waals surface area contributed by atoms with Gasteiger partial charge in [0, 0.05) is 12.1 Å². The van der Waals surface area contributed by atoms with E-state index < -0.39 is 11.3 Å². The molecule has 1 aromatic heterocycles. The molecule has 0 aliphatic heterocycles. The number of nitrogens with zero attached hydrogens (tertiary/aromatic N) is 2. The van der Waals surface area contributed by atoms with Crippen molar-refractivity contribution in [2.45, 2.75) is 34.2 Å². The molecule has 0 bridgehead atoms. The number of aromatic nitrogens is 1. The second-order valence-electron chi connectivity index (χ2n) is 6.32. The van der Waals surface area contributed by atoms with Gasteiger partial charge in [0.25, 0.3) is 5.56 Å². The van der Waals surface area contributed by atoms with E-state index in [1.165, 1.54) is 6.92 Å². The van der Waals surface area contributed by atoms with Crippen molar-refractivity contribution in [3.63, 3.8) is 0 Å². The summed E-state index contributed by atoms with van der Waals surface area (Å²) in [6, 6.07) is 8.85. The summed E-state index contributed by atoms with van der Waals surface area (Å²) in [5.41, 5.74) is 0.872. The van der Waals surface area contributed by atoms with Crippen LogP contribution in [0.5, 0.6) is 5.88 Å². The minimum Gasteiger partial charge on any atom is -0.494 e. The Hall–Kier alpha value is -2.87. The topological polar surface area (TPSA) is 83.1 Å². The van der Waals surface area contributed by atoms with Crippen LogP contribution in [0.25, 0.3) is 0 Å². The molecule has 0 saturated heterocycles. The number of carbonyl (C=O) groups is 1. The van der Waals surface area contributed by atoms with Crippen LogP contribution in [0, 0.1) is 31.1 Å². The average molecular weight is 324 g/mol. The second kappa shape index (κ2) is 6.71. The summed E-state index contributed by atoms with van der Waals surface area (Å²) in [6.07, 6.45) is 0. The van der Waals surface area contributed by atoms with Crippen LogP contribution in [-0.2, 0) is 6.54 Å². The Morgan fingerprint density at radius 1 is 1.33 bits per heavy atom. The molecule has 1 heterocycles. The molecule has 2 rings (SSSR count). The molecule has 5 heteroatoms. The van der Waals surface area contributed by atoms with E-state index in [2.05, 4.69) is 0 Å². The normalized spacial score (nSPS) is 10.7. The maximum Gasteiger partial charge on any atom is 0.271 e. The van der Waals surface area contributed by atoms with Crippen LogP contribution < -0.4 is 5.56 Å². The number of hydrogen-bond donors (Lipinski definition) is 1. The third kappa shape index (κ3) is 3.09. The van der Waals surface area contributed by atoms with Crippen molar-refractivity contribution in [1.29, 1.82) is 5.26 Å². The predicted octanol–water partition coefficient (Wildman–Crippen LogP) is 2.93. The summed E-state index contributed by atoms with van der Waals surface area (Å²) >= 11 is 0. The first-order valence-electron chi connectivity index (χ1n) is 7.75. The van der Waals surface area contributed by atoms with E-state index in [9.17, 15) is 20.0 Å². The number of benzene rings is 1. The fourth-order valence-corrected chi connectivity index (χ4v) is 2.69. The molecular formula is C19H20N2O3. The highest BCUT2D eigenvalue weighted by molar-refractivity contribution is 6.11. The molecule has 2 aromatic rings. The highest BCUT2D eigenvalue weighted by Crippen LogP contribution is 2.25. The number of ketones is 1. The van der Waals surface area contributed by atoms with Crippen LogP contribution in [0.2, 0.25) is 0 Å². The Labute approximate surface area is 140 Å². The molecule has 0 amide bonds. The van der Waals surface area contributed by atoms with Gasteiger partial charge in [0.1, 0.15) is 11.6 Å². The molecule has 0 aliphatic rings. The quantitative estimate of drug-likeness (QED) is 0.877. The first kappa shape index (κ1) is 17.5. The molecule has 0 spiro atoms. The first-order chi connectivity index (χ1) is 11.3. The number of pyridine rings is 1. The zero-order valence-corrected chi connectivity index (χ0v) is 14.3. The number of nitriles is 1. The zero-order valence-electron chi connectivity index (χ0n) is 14.3. The third-order valence-electron chi connectivity index (χ3n) is 3.86. The molecule has 0 fully saturated rings. The number of rotatable bonds is 4. The van der Waals surface area contributed by atoms with Gasteiger partial charge >= 0.3 is 0 Å². The number of hydrogen-bond acceptors (Lipinski definition) is 4. The Morgan fingerprint density at radius 2 is 2.00 bits per heavy atom. The minimum absolute atomic E-state index is 0.0115. The lowest BCUT2D eigenvalue weighted by Gasteiger charge is -2.17. The lowest BCUT2D eigenvalue weighted by atomic mass is 9.96. The number of carbonyl (C=O) groups excluding carboxylic acids is 1. The van der Waals surface area contributed by atoms with Crippen molar-refractivity contribution < 1.29 is 9.90 Å². The van der Waals surface area contributed by atoms with Gasteiger partial charge in [-0.2, -0.15) is 5.26 Å². The largest absolute Gasteiger partial charge is 0.494 e. The van der Waals surface area contributed by atoms with E-state index >= 15 is 0 Å². The molecule has 1 aromatic carbocycles. The van der Waals surface area contributed by atoms with Crippen LogP contribution in [0.3, 0.4) is 0 Å². The van der Waals surface area contributed by atoms with Crippen molar-refractivity contribution >= 4 is 5.78 Å². The molecular weight excluding hydrogens is 304 g/mol. The van der Waals surface area contributed by atoms with E-state index in [0.29, 0.717) is 5.56 Å². The number of aryl methyl sites for hydroxylation is 1. The standard InChI is InChI=1S/C19H20N2O3/c1-11(2)10-21-18(23)15(9-20)13(4)16(19(21)24)17(22)14-7-5-6-12(3)8-14/h5-8,11,24H,10H2,1-4H3. The lowest BCUT2D eigenvalue weighted by Crippen LogP contribution is -2.28. The van der Waals surface area contributed by atoms with Gasteiger partial charge < -0.3 is 5.11 Å². The second-order valence-corrected chi connectivity index (χ2v) is 6.32. The summed E-state index contributed by atoms with van der Waals surface area (Å²) in [5, 5.41) is 19.9. The average Bonchev–Trinajstić information content (AvgIpc) is 2.51. The SMILES string of the molecule is Cc1cccc(C(=O)c2c(C)c(C#N)c(=O)n(CC(C)C)c2O)c1. The maximum atomic E-state index is 12.9. The Morgan fingerprint density at radius 3 is 2.54 bits per heavy atom. The molecule has 0 unspecified atom stereocenters. The predicted molar refractivity (Wildman–Crippen MR) is 91.3 cm³/mol. The van der Waals surface area contributed by atoms with Crippen molar-refractivity contribution in [1.82, 2.24) is 4.57 Å². The van der Waals surface area contributed by atoms with Crippen molar-refractivity contribution in [2.75, 3.05) is 0 Å². The Bertz CT molecular complexity index is 902. The fourth-order valence-electron chi connectivity index (χ4n) is 2.69. The molecule has 24 heavy (non-hydrogen) atoms. The van der Waals surface area contributed by atoms with E-state index in [4.69, 9.17) is 0 Å². The Balaban J connectivity index is 2.76. The van der Waals surface area contributed by atoms with E-state index in [1.807, 2.05) is 32.9 Å². The highest BCUT2D eigenvalue weighted by atomic mass is 16.3. The van der Waals surface area contributed by atoms with Crippen LogP contribution >= 0.6 is 0 Å². The van der Waals surface area contributed by atoms with Gasteiger partial charge in [-0.25, -0.2) is 0 Å². The highest BCUT2D eigenvalue weighted by Gasteiger charge is 2.25. The first-order valence-corrected chi connectivity index (χ1v) is 7.75. The van der Waals surface area contributed by atoms with Crippen LogP contribution in [0.1, 0.15) is 46.5 Å². The van der Waals surface area contributed by atoms with Crippen LogP contribution in [0.4, 0.5) is 0 Å². The van der Waals surface area contributed by atoms with Gasteiger partial charge in [-0.1, -0.05) is 37.6 Å². The van der Waals surface area contributed by atoms with E-state index in [0.717, 1.165) is 10.1 Å². The minimum atomic E-state index is -0.568. The van der Waals surface area contributed by atoms with Gasteiger partial charge in [-0.3, -0.25) is 14.2 Å². The van der Waals surface area contributed by atoms with Gasteiger partial charge in [0.05, 0.1) is 5.56 Å². The molecule has 0 radical (unpaired) electrons. The third-order valence-corrected chi connectivity index (χ3v) is 3.86. The summed E-state index contributed by atoms with van der Waals surface area (Å²) in [5.74, 6) is -0.704. The monoisotopic (exact) mass is 324 g/mol. The zero-order chi connectivity index (χ0) is 18.0. The fraction of sp³-hybridized carbons (Fsp3) is 0.316. The molecule has 0 atom stereocenters. The smallest absolute Gasteiger partial charge is 0.271 e. The summed E-state index contributed by atoms with van der Waals surface area (Å²) < 4.78 is 1.11. The maximum absolute atomic E-state index is 12.9. The van der Waals surface area contributed by atoms with Gasteiger partial charge in [0.15, 0.2) is 5.78 Å². The molecule has 1 N–H and O–H groups in total. The molecule has 0 saturated carbocycles. The summed E-state index contributed by atoms with van der Waals surface area (Å²) in [7, 11) is 0. The van der Waals surface area contributed by atoms with Crippen LogP contribution in [-0.4, -0.2) is 15.5 Å². The number of aromatic hydroxyl groups is 1. The van der Waals surface area contributed by atoms with Crippen molar-refractivity contribution in [3.05, 3.63) is 62.4 Å². The molecule has 124 valence electrons. The van der Waals surface area contributed by atoms with Crippen molar-refractivity contribution in [2.24, 2.45) is 5.92 Å². The Kier molecular flexibility index (Phi) is 4.89. The van der Waals surface area contributed by atoms with Crippen molar-refractivity contribution in [3.8, 4) is 11.9 Å². The van der Waals surface area contributed by atoms with Crippen LogP contribution in [0.15, 0.2) is 29.1 Å². The van der Waals surface area contributed by atoms with Gasteiger partial charge in [-0.05, 0) is 31.4 Å². The van der Waals surface area contributed by atoms with E-state index in [-0.39, 0.29) is 35.0 Å². The molecule has 5 nitrogen and oxygen atoms in total. The van der Waals surface area contributed by atoms with Gasteiger partial charge in [-0.15, -0.1) is 0 Å². The van der Waals surface area contributed by atoms with E-state index in [1.54, 1.807) is 18.2 Å². The van der Waals surface area contributed by atoms with Gasteiger partial charge in [0.2, 0.25) is 5.88 Å². The summed E-state index contributed by atoms with van der Waals surface area (Å²) in [6.45, 7) is 7.39.